The number of nitro groups is 1. The van der Waals surface area contributed by atoms with Crippen molar-refractivity contribution in [2.45, 2.75) is 6.43 Å². The molecule has 0 atom stereocenters. The van der Waals surface area contributed by atoms with Gasteiger partial charge in [-0.15, -0.1) is 0 Å². The van der Waals surface area contributed by atoms with Gasteiger partial charge in [0.15, 0.2) is 0 Å². The lowest BCUT2D eigenvalue weighted by molar-refractivity contribution is -0.388. The van der Waals surface area contributed by atoms with Gasteiger partial charge in [-0.1, -0.05) is 0 Å². The maximum Gasteiger partial charge on any atom is 0.361 e. The second-order valence-electron chi connectivity index (χ2n) is 2.59. The fraction of sp³-hybridized carbons (Fsp3) is 0.143. The van der Waals surface area contributed by atoms with E-state index < -0.39 is 40.1 Å². The van der Waals surface area contributed by atoms with E-state index in [9.17, 15) is 28.1 Å². The fourth-order valence-corrected chi connectivity index (χ4v) is 0.968. The maximum atomic E-state index is 13.2. The van der Waals surface area contributed by atoms with E-state index in [4.69, 9.17) is 5.11 Å². The first-order chi connectivity index (χ1) is 7.36. The van der Waals surface area contributed by atoms with Crippen molar-refractivity contribution in [2.24, 2.45) is 0 Å². The Labute approximate surface area is 85.5 Å². The molecule has 0 aliphatic carbocycles. The standard InChI is InChI=1S/C7H3F3N2O4/c8-3-2(6(9)10)1-11-4(7(13)14)5(3)12(15)16/h1,6H,(H,13,14). The predicted octanol–water partition coefficient (Wildman–Crippen LogP) is 1.76. The number of pyridine rings is 1. The van der Waals surface area contributed by atoms with Crippen LogP contribution in [0.25, 0.3) is 0 Å². The average Bonchev–Trinajstić information content (AvgIpc) is 2.15. The van der Waals surface area contributed by atoms with E-state index in [0.29, 0.717) is 0 Å². The Bertz CT molecular complexity index is 463. The molecule has 0 aliphatic heterocycles. The van der Waals surface area contributed by atoms with Crippen LogP contribution in [-0.2, 0) is 0 Å². The third-order valence-electron chi connectivity index (χ3n) is 1.64. The Morgan fingerprint density at radius 3 is 2.50 bits per heavy atom. The van der Waals surface area contributed by atoms with Crippen LogP contribution in [0.5, 0.6) is 0 Å². The minimum atomic E-state index is -3.31. The van der Waals surface area contributed by atoms with Gasteiger partial charge in [-0.3, -0.25) is 10.1 Å². The van der Waals surface area contributed by atoms with Crippen molar-refractivity contribution in [3.05, 3.63) is 33.4 Å². The molecule has 86 valence electrons. The zero-order valence-electron chi connectivity index (χ0n) is 7.35. The summed E-state index contributed by atoms with van der Waals surface area (Å²) in [7, 11) is 0. The largest absolute Gasteiger partial charge is 0.476 e. The number of aromatic carboxylic acids is 1. The lowest BCUT2D eigenvalue weighted by atomic mass is 10.2. The molecule has 0 saturated carbocycles. The van der Waals surface area contributed by atoms with Crippen molar-refractivity contribution in [1.82, 2.24) is 4.98 Å². The summed E-state index contributed by atoms with van der Waals surface area (Å²) in [4.78, 5) is 22.3. The van der Waals surface area contributed by atoms with Gasteiger partial charge in [-0.2, -0.15) is 4.39 Å². The maximum absolute atomic E-state index is 13.2. The number of halogens is 3. The number of rotatable bonds is 3. The molecule has 1 heterocycles. The second kappa shape index (κ2) is 4.13. The highest BCUT2D eigenvalue weighted by Gasteiger charge is 2.31. The summed E-state index contributed by atoms with van der Waals surface area (Å²) in [6.07, 6.45) is -3.05. The molecular weight excluding hydrogens is 233 g/mol. The lowest BCUT2D eigenvalue weighted by Gasteiger charge is -2.03. The Morgan fingerprint density at radius 1 is 1.56 bits per heavy atom. The van der Waals surface area contributed by atoms with Crippen LogP contribution in [0, 0.1) is 15.9 Å². The van der Waals surface area contributed by atoms with Crippen LogP contribution >= 0.6 is 0 Å². The van der Waals surface area contributed by atoms with Gasteiger partial charge in [-0.05, 0) is 0 Å². The highest BCUT2D eigenvalue weighted by Crippen LogP contribution is 2.29. The number of carboxylic acids is 1. The molecule has 0 unspecified atom stereocenters. The monoisotopic (exact) mass is 236 g/mol. The number of alkyl halides is 2. The third-order valence-corrected chi connectivity index (χ3v) is 1.64. The van der Waals surface area contributed by atoms with Crippen molar-refractivity contribution in [1.29, 1.82) is 0 Å². The van der Waals surface area contributed by atoms with Gasteiger partial charge in [0.25, 0.3) is 6.43 Å². The summed E-state index contributed by atoms with van der Waals surface area (Å²) < 4.78 is 37.5. The molecule has 1 aromatic rings. The van der Waals surface area contributed by atoms with Crippen LogP contribution in [0.3, 0.4) is 0 Å². The van der Waals surface area contributed by atoms with Gasteiger partial charge >= 0.3 is 11.7 Å². The summed E-state index contributed by atoms with van der Waals surface area (Å²) in [5.41, 5.74) is -4.09. The molecule has 0 aromatic carbocycles. The normalized spacial score (nSPS) is 10.5. The van der Waals surface area contributed by atoms with Gasteiger partial charge in [0.2, 0.25) is 11.5 Å². The topological polar surface area (TPSA) is 93.3 Å². The Morgan fingerprint density at radius 2 is 2.12 bits per heavy atom. The number of hydrogen-bond acceptors (Lipinski definition) is 4. The van der Waals surface area contributed by atoms with Gasteiger partial charge < -0.3 is 5.11 Å². The molecule has 0 spiro atoms. The van der Waals surface area contributed by atoms with E-state index >= 15 is 0 Å². The van der Waals surface area contributed by atoms with E-state index in [-0.39, 0.29) is 6.20 Å². The van der Waals surface area contributed by atoms with E-state index in [1.54, 1.807) is 0 Å². The van der Waals surface area contributed by atoms with Crippen LogP contribution in [-0.4, -0.2) is 21.0 Å². The summed E-state index contributed by atoms with van der Waals surface area (Å²) in [6, 6.07) is 0. The van der Waals surface area contributed by atoms with Crippen LogP contribution < -0.4 is 0 Å². The highest BCUT2D eigenvalue weighted by molar-refractivity contribution is 5.90. The molecule has 9 heteroatoms. The summed E-state index contributed by atoms with van der Waals surface area (Å²) in [5.74, 6) is -3.75. The summed E-state index contributed by atoms with van der Waals surface area (Å²) in [6.45, 7) is 0. The van der Waals surface area contributed by atoms with Gasteiger partial charge in [0.05, 0.1) is 10.5 Å². The van der Waals surface area contributed by atoms with Crippen molar-refractivity contribution in [2.75, 3.05) is 0 Å². The second-order valence-corrected chi connectivity index (χ2v) is 2.59. The van der Waals surface area contributed by atoms with Crippen LogP contribution in [0.2, 0.25) is 0 Å². The Kier molecular flexibility index (Phi) is 3.06. The summed E-state index contributed by atoms with van der Waals surface area (Å²) in [5, 5.41) is 18.8. The van der Waals surface area contributed by atoms with E-state index in [0.717, 1.165) is 0 Å². The van der Waals surface area contributed by atoms with Crippen molar-refractivity contribution in [3.8, 4) is 0 Å². The highest BCUT2D eigenvalue weighted by atomic mass is 19.3. The molecule has 1 rings (SSSR count). The number of hydrogen-bond donors (Lipinski definition) is 1. The first kappa shape index (κ1) is 11.9. The number of carbonyl (C=O) groups is 1. The molecule has 1 N–H and O–H groups in total. The first-order valence-corrected chi connectivity index (χ1v) is 3.70. The molecule has 0 saturated heterocycles. The minimum absolute atomic E-state index is 0.260. The Hall–Kier alpha value is -2.19. The van der Waals surface area contributed by atoms with E-state index in [1.807, 2.05) is 0 Å². The molecule has 6 nitrogen and oxygen atoms in total. The molecule has 0 fully saturated rings. The molecular formula is C7H3F3N2O4. The first-order valence-electron chi connectivity index (χ1n) is 3.70. The number of carboxylic acid groups (broad SMARTS) is 1. The molecule has 0 radical (unpaired) electrons. The SMILES string of the molecule is O=C(O)c1ncc(C(F)F)c(F)c1[N+](=O)[O-]. The molecule has 0 aliphatic rings. The lowest BCUT2D eigenvalue weighted by Crippen LogP contribution is -2.10. The number of aromatic nitrogens is 1. The molecule has 16 heavy (non-hydrogen) atoms. The minimum Gasteiger partial charge on any atom is -0.476 e. The van der Waals surface area contributed by atoms with Crippen LogP contribution in [0.4, 0.5) is 18.9 Å². The van der Waals surface area contributed by atoms with E-state index in [2.05, 4.69) is 4.98 Å². The zero-order valence-corrected chi connectivity index (χ0v) is 7.35. The van der Waals surface area contributed by atoms with Crippen molar-refractivity contribution >= 4 is 11.7 Å². The molecule has 1 aromatic heterocycles. The quantitative estimate of drug-likeness (QED) is 0.637. The van der Waals surface area contributed by atoms with Gasteiger partial charge in [-0.25, -0.2) is 18.6 Å². The number of nitrogens with zero attached hydrogens (tertiary/aromatic N) is 2. The van der Waals surface area contributed by atoms with Crippen LogP contribution in [0.1, 0.15) is 22.5 Å². The molecule has 0 bridgehead atoms. The fourth-order valence-electron chi connectivity index (χ4n) is 0.968. The average molecular weight is 236 g/mol. The third kappa shape index (κ3) is 1.92. The van der Waals surface area contributed by atoms with E-state index in [1.165, 1.54) is 0 Å². The smallest absolute Gasteiger partial charge is 0.361 e. The van der Waals surface area contributed by atoms with Crippen molar-refractivity contribution in [3.63, 3.8) is 0 Å². The van der Waals surface area contributed by atoms with Crippen LogP contribution in [0.15, 0.2) is 6.20 Å². The van der Waals surface area contributed by atoms with Gasteiger partial charge in [0.1, 0.15) is 0 Å². The zero-order chi connectivity index (χ0) is 12.5. The summed E-state index contributed by atoms with van der Waals surface area (Å²) >= 11 is 0. The molecule has 0 amide bonds. The van der Waals surface area contributed by atoms with Gasteiger partial charge in [0, 0.05) is 6.20 Å². The predicted molar refractivity (Wildman–Crippen MR) is 42.8 cm³/mol. The Balaban J connectivity index is 3.54. The van der Waals surface area contributed by atoms with Crippen molar-refractivity contribution < 1.29 is 28.0 Å².